The monoisotopic (exact) mass is 248 g/mol. The molecule has 0 aromatic carbocycles. The molecular weight excluding hydrogens is 228 g/mol. The molecule has 0 spiro atoms. The van der Waals surface area contributed by atoms with Crippen molar-refractivity contribution in [3.63, 3.8) is 0 Å². The summed E-state index contributed by atoms with van der Waals surface area (Å²) < 4.78 is 0. The third-order valence-electron chi connectivity index (χ3n) is 3.44. The van der Waals surface area contributed by atoms with E-state index in [1.807, 2.05) is 7.05 Å². The predicted molar refractivity (Wildman–Crippen MR) is 71.2 cm³/mol. The highest BCUT2D eigenvalue weighted by Crippen LogP contribution is 2.17. The second-order valence-electron chi connectivity index (χ2n) is 5.04. The molecule has 1 aromatic heterocycles. The number of hydrogen-bond acceptors (Lipinski definition) is 4. The third kappa shape index (κ3) is 2.79. The largest absolute Gasteiger partial charge is 0.383 e. The van der Waals surface area contributed by atoms with Crippen LogP contribution >= 0.6 is 0 Å². The van der Waals surface area contributed by atoms with Crippen molar-refractivity contribution in [2.75, 3.05) is 39.5 Å². The van der Waals surface area contributed by atoms with Crippen molar-refractivity contribution in [1.82, 2.24) is 14.8 Å². The SMILES string of the molecule is CN1CCC(CN(C)C(=O)c2cccnc2N)C1. The molecule has 2 N–H and O–H groups in total. The Labute approximate surface area is 108 Å². The summed E-state index contributed by atoms with van der Waals surface area (Å²) in [5.74, 6) is 0.815. The fourth-order valence-corrected chi connectivity index (χ4v) is 2.45. The lowest BCUT2D eigenvalue weighted by Crippen LogP contribution is -2.33. The summed E-state index contributed by atoms with van der Waals surface area (Å²) in [6.07, 6.45) is 2.74. The number of rotatable bonds is 3. The van der Waals surface area contributed by atoms with Gasteiger partial charge in [-0.2, -0.15) is 0 Å². The van der Waals surface area contributed by atoms with Gasteiger partial charge < -0.3 is 15.5 Å². The number of carbonyl (C=O) groups is 1. The minimum Gasteiger partial charge on any atom is -0.383 e. The van der Waals surface area contributed by atoms with Crippen molar-refractivity contribution in [1.29, 1.82) is 0 Å². The van der Waals surface area contributed by atoms with Crippen LogP contribution in [0.5, 0.6) is 0 Å². The van der Waals surface area contributed by atoms with E-state index in [0.29, 0.717) is 17.3 Å². The average Bonchev–Trinajstić information content (AvgIpc) is 2.74. The van der Waals surface area contributed by atoms with Crippen LogP contribution in [-0.4, -0.2) is 54.4 Å². The van der Waals surface area contributed by atoms with Crippen molar-refractivity contribution in [3.8, 4) is 0 Å². The Kier molecular flexibility index (Phi) is 3.81. The molecule has 1 unspecified atom stereocenters. The molecule has 2 rings (SSSR count). The zero-order valence-corrected chi connectivity index (χ0v) is 11.0. The molecule has 1 fully saturated rings. The molecule has 2 heterocycles. The van der Waals surface area contributed by atoms with Gasteiger partial charge in [0, 0.05) is 26.3 Å². The van der Waals surface area contributed by atoms with Crippen LogP contribution in [0.2, 0.25) is 0 Å². The molecule has 1 aliphatic rings. The summed E-state index contributed by atoms with van der Waals surface area (Å²) in [5.41, 5.74) is 6.21. The number of nitrogens with two attached hydrogens (primary N) is 1. The predicted octanol–water partition coefficient (Wildman–Crippen LogP) is 0.687. The van der Waals surface area contributed by atoms with E-state index >= 15 is 0 Å². The number of nitrogens with zero attached hydrogens (tertiary/aromatic N) is 3. The molecule has 1 saturated heterocycles. The Balaban J connectivity index is 1.99. The average molecular weight is 248 g/mol. The van der Waals surface area contributed by atoms with Gasteiger partial charge in [-0.05, 0) is 38.1 Å². The number of likely N-dealkylation sites (tertiary alicyclic amines) is 1. The second kappa shape index (κ2) is 5.35. The van der Waals surface area contributed by atoms with E-state index in [4.69, 9.17) is 5.73 Å². The normalized spacial score (nSPS) is 20.0. The first-order chi connectivity index (χ1) is 8.58. The van der Waals surface area contributed by atoms with Gasteiger partial charge in [-0.25, -0.2) is 4.98 Å². The zero-order valence-electron chi connectivity index (χ0n) is 11.0. The minimum absolute atomic E-state index is 0.0462. The Morgan fingerprint density at radius 3 is 3.06 bits per heavy atom. The molecule has 1 aliphatic heterocycles. The highest BCUT2D eigenvalue weighted by Gasteiger charge is 2.23. The summed E-state index contributed by atoms with van der Waals surface area (Å²) in [4.78, 5) is 20.2. The summed E-state index contributed by atoms with van der Waals surface area (Å²) in [7, 11) is 3.94. The van der Waals surface area contributed by atoms with Crippen LogP contribution in [-0.2, 0) is 0 Å². The topological polar surface area (TPSA) is 62.5 Å². The van der Waals surface area contributed by atoms with Gasteiger partial charge in [0.05, 0.1) is 5.56 Å². The van der Waals surface area contributed by atoms with Gasteiger partial charge in [-0.1, -0.05) is 0 Å². The van der Waals surface area contributed by atoms with Crippen molar-refractivity contribution in [2.45, 2.75) is 6.42 Å². The Hall–Kier alpha value is -1.62. The van der Waals surface area contributed by atoms with Crippen LogP contribution in [0.25, 0.3) is 0 Å². The summed E-state index contributed by atoms with van der Waals surface area (Å²) in [6.45, 7) is 2.94. The van der Waals surface area contributed by atoms with Gasteiger partial charge in [0.25, 0.3) is 5.91 Å². The highest BCUT2D eigenvalue weighted by atomic mass is 16.2. The Morgan fingerprint density at radius 1 is 1.67 bits per heavy atom. The third-order valence-corrected chi connectivity index (χ3v) is 3.44. The molecule has 1 aromatic rings. The fourth-order valence-electron chi connectivity index (χ4n) is 2.45. The van der Waals surface area contributed by atoms with E-state index in [2.05, 4.69) is 16.9 Å². The molecular formula is C13H20N4O. The van der Waals surface area contributed by atoms with Crippen molar-refractivity contribution in [3.05, 3.63) is 23.9 Å². The van der Waals surface area contributed by atoms with Gasteiger partial charge in [0.2, 0.25) is 0 Å². The van der Waals surface area contributed by atoms with Gasteiger partial charge >= 0.3 is 0 Å². The maximum absolute atomic E-state index is 12.2. The van der Waals surface area contributed by atoms with E-state index < -0.39 is 0 Å². The van der Waals surface area contributed by atoms with Crippen LogP contribution < -0.4 is 5.73 Å². The summed E-state index contributed by atoms with van der Waals surface area (Å²) in [5, 5.41) is 0. The number of nitrogen functional groups attached to an aromatic ring is 1. The van der Waals surface area contributed by atoms with Gasteiger partial charge in [0.1, 0.15) is 5.82 Å². The quantitative estimate of drug-likeness (QED) is 0.854. The molecule has 0 bridgehead atoms. The Morgan fingerprint density at radius 2 is 2.44 bits per heavy atom. The molecule has 1 amide bonds. The maximum atomic E-state index is 12.2. The fraction of sp³-hybridized carbons (Fsp3) is 0.538. The van der Waals surface area contributed by atoms with Crippen LogP contribution in [0, 0.1) is 5.92 Å². The first-order valence-corrected chi connectivity index (χ1v) is 6.22. The lowest BCUT2D eigenvalue weighted by molar-refractivity contribution is 0.0775. The number of anilines is 1. The molecule has 0 saturated carbocycles. The van der Waals surface area contributed by atoms with Crippen molar-refractivity contribution in [2.24, 2.45) is 5.92 Å². The van der Waals surface area contributed by atoms with E-state index in [9.17, 15) is 4.79 Å². The van der Waals surface area contributed by atoms with Gasteiger partial charge in [-0.3, -0.25) is 4.79 Å². The number of hydrogen-bond donors (Lipinski definition) is 1. The lowest BCUT2D eigenvalue weighted by atomic mass is 10.1. The molecule has 18 heavy (non-hydrogen) atoms. The standard InChI is InChI=1S/C13H20N4O/c1-16-7-5-10(8-16)9-17(2)13(18)11-4-3-6-15-12(11)14/h3-4,6,10H,5,7-9H2,1-2H3,(H2,14,15). The van der Waals surface area contributed by atoms with Crippen molar-refractivity contribution >= 4 is 11.7 Å². The lowest BCUT2D eigenvalue weighted by Gasteiger charge is -2.21. The minimum atomic E-state index is -0.0462. The first kappa shape index (κ1) is 12.8. The maximum Gasteiger partial charge on any atom is 0.257 e. The molecule has 98 valence electrons. The number of aromatic nitrogens is 1. The van der Waals surface area contributed by atoms with E-state index in [-0.39, 0.29) is 5.91 Å². The zero-order chi connectivity index (χ0) is 13.1. The van der Waals surface area contributed by atoms with Crippen molar-refractivity contribution < 1.29 is 4.79 Å². The highest BCUT2D eigenvalue weighted by molar-refractivity contribution is 5.98. The number of amides is 1. The van der Waals surface area contributed by atoms with Crippen LogP contribution in [0.3, 0.4) is 0 Å². The van der Waals surface area contributed by atoms with E-state index in [1.165, 1.54) is 0 Å². The Bertz CT molecular complexity index is 435. The van der Waals surface area contributed by atoms with E-state index in [1.54, 1.807) is 23.2 Å². The molecule has 5 nitrogen and oxygen atoms in total. The van der Waals surface area contributed by atoms with E-state index in [0.717, 1.165) is 26.1 Å². The smallest absolute Gasteiger partial charge is 0.257 e. The van der Waals surface area contributed by atoms with Gasteiger partial charge in [0.15, 0.2) is 0 Å². The molecule has 0 radical (unpaired) electrons. The molecule has 1 atom stereocenters. The van der Waals surface area contributed by atoms with Crippen LogP contribution in [0.15, 0.2) is 18.3 Å². The first-order valence-electron chi connectivity index (χ1n) is 6.22. The number of pyridine rings is 1. The molecule has 5 heteroatoms. The summed E-state index contributed by atoms with van der Waals surface area (Å²) in [6, 6.07) is 3.46. The van der Waals surface area contributed by atoms with Crippen LogP contribution in [0.1, 0.15) is 16.8 Å². The number of carbonyl (C=O) groups excluding carboxylic acids is 1. The summed E-state index contributed by atoms with van der Waals surface area (Å²) >= 11 is 0. The molecule has 0 aliphatic carbocycles. The van der Waals surface area contributed by atoms with Crippen LogP contribution in [0.4, 0.5) is 5.82 Å². The van der Waals surface area contributed by atoms with Gasteiger partial charge in [-0.15, -0.1) is 0 Å². The second-order valence-corrected chi connectivity index (χ2v) is 5.04.